The van der Waals surface area contributed by atoms with Crippen molar-refractivity contribution >= 4 is 61.5 Å². The minimum absolute atomic E-state index is 0.195. The number of anilines is 3. The molecule has 3 amide bonds. The van der Waals surface area contributed by atoms with Crippen molar-refractivity contribution in [3.63, 3.8) is 0 Å². The summed E-state index contributed by atoms with van der Waals surface area (Å²) in [7, 11) is 3.43. The van der Waals surface area contributed by atoms with E-state index in [1.165, 1.54) is 11.3 Å². The van der Waals surface area contributed by atoms with Gasteiger partial charge in [0, 0.05) is 47.4 Å². The zero-order chi connectivity index (χ0) is 27.8. The first kappa shape index (κ1) is 25.7. The largest absolute Gasteiger partial charge is 0.495 e. The second-order valence-electron chi connectivity index (χ2n) is 9.46. The van der Waals surface area contributed by atoms with Gasteiger partial charge < -0.3 is 35.3 Å². The van der Waals surface area contributed by atoms with Gasteiger partial charge in [-0.2, -0.15) is 0 Å². The zero-order valence-electron chi connectivity index (χ0n) is 22.1. The van der Waals surface area contributed by atoms with Crippen LogP contribution < -0.4 is 21.1 Å². The average Bonchev–Trinajstić information content (AvgIpc) is 3.58. The van der Waals surface area contributed by atoms with E-state index in [1.54, 1.807) is 18.2 Å². The highest BCUT2D eigenvalue weighted by molar-refractivity contribution is 7.18. The SMILES string of the molecule is COc1cc(-c2csc3c(NC(=O)N4CCOCC4)cnc(N)c23)ccc1NC(=O)c1cc2ccccc2n1C. The van der Waals surface area contributed by atoms with Gasteiger partial charge >= 0.3 is 6.03 Å². The molecule has 0 spiro atoms. The molecular formula is C29H28N6O4S. The van der Waals surface area contributed by atoms with Gasteiger partial charge in [0.15, 0.2) is 0 Å². The Bertz CT molecular complexity index is 1750. The summed E-state index contributed by atoms with van der Waals surface area (Å²) in [6, 6.07) is 15.1. The number of morpholine rings is 1. The number of nitrogens with one attached hydrogen (secondary N) is 2. The van der Waals surface area contributed by atoms with E-state index in [2.05, 4.69) is 15.6 Å². The van der Waals surface area contributed by atoms with E-state index in [4.69, 9.17) is 15.2 Å². The van der Waals surface area contributed by atoms with Crippen molar-refractivity contribution in [2.45, 2.75) is 0 Å². The number of hydrogen-bond donors (Lipinski definition) is 3. The standard InChI is InChI=1S/C29H28N6O4S/c1-34-22-6-4-3-5-18(22)13-23(34)28(36)32-20-8-7-17(14-24(20)38-2)19-16-40-26-21(15-31-27(30)25(19)26)33-29(37)35-9-11-39-12-10-35/h3-8,13-16H,9-12H2,1-2H3,(H2,30,31)(H,32,36)(H,33,37). The van der Waals surface area contributed by atoms with Crippen LogP contribution in [0.2, 0.25) is 0 Å². The molecule has 204 valence electrons. The third-order valence-electron chi connectivity index (χ3n) is 7.11. The number of rotatable bonds is 5. The molecule has 1 fully saturated rings. The van der Waals surface area contributed by atoms with Gasteiger partial charge in [-0.15, -0.1) is 11.3 Å². The molecule has 1 saturated heterocycles. The number of nitrogen functional groups attached to an aromatic ring is 1. The summed E-state index contributed by atoms with van der Waals surface area (Å²) >= 11 is 1.48. The van der Waals surface area contributed by atoms with Crippen molar-refractivity contribution in [3.05, 3.63) is 65.8 Å². The fourth-order valence-corrected chi connectivity index (χ4v) is 6.04. The van der Waals surface area contributed by atoms with Crippen LogP contribution >= 0.6 is 11.3 Å². The number of nitrogens with zero attached hydrogens (tertiary/aromatic N) is 3. The van der Waals surface area contributed by atoms with Crippen LogP contribution in [0.25, 0.3) is 32.1 Å². The number of carbonyl (C=O) groups excluding carboxylic acids is 2. The van der Waals surface area contributed by atoms with Crippen LogP contribution in [0.4, 0.5) is 22.0 Å². The Kier molecular flexibility index (Phi) is 6.74. The van der Waals surface area contributed by atoms with E-state index in [0.717, 1.165) is 32.1 Å². The first-order valence-corrected chi connectivity index (χ1v) is 13.7. The monoisotopic (exact) mass is 556 g/mol. The third kappa shape index (κ3) is 4.59. The Morgan fingerprint density at radius 2 is 1.88 bits per heavy atom. The lowest BCUT2D eigenvalue weighted by Crippen LogP contribution is -2.43. The molecule has 40 heavy (non-hydrogen) atoms. The molecule has 6 rings (SSSR count). The molecule has 0 saturated carbocycles. The van der Waals surface area contributed by atoms with Crippen LogP contribution in [0.3, 0.4) is 0 Å². The highest BCUT2D eigenvalue weighted by Gasteiger charge is 2.21. The summed E-state index contributed by atoms with van der Waals surface area (Å²) in [5.74, 6) is 0.634. The number of pyridine rings is 1. The maximum Gasteiger partial charge on any atom is 0.322 e. The van der Waals surface area contributed by atoms with E-state index in [0.29, 0.717) is 54.9 Å². The van der Waals surface area contributed by atoms with Crippen LogP contribution in [0, 0.1) is 0 Å². The quantitative estimate of drug-likeness (QED) is 0.275. The molecule has 0 unspecified atom stereocenters. The number of thiophene rings is 1. The molecule has 0 aliphatic carbocycles. The van der Waals surface area contributed by atoms with E-state index < -0.39 is 0 Å². The highest BCUT2D eigenvalue weighted by Crippen LogP contribution is 2.42. The molecule has 0 bridgehead atoms. The molecule has 11 heteroatoms. The number of aromatic nitrogens is 2. The minimum atomic E-state index is -0.236. The number of nitrogens with two attached hydrogens (primary N) is 1. The number of aryl methyl sites for hydroxylation is 1. The van der Waals surface area contributed by atoms with Gasteiger partial charge in [-0.05, 0) is 29.8 Å². The van der Waals surface area contributed by atoms with Crippen molar-refractivity contribution in [2.75, 3.05) is 49.8 Å². The Morgan fingerprint density at radius 1 is 1.07 bits per heavy atom. The van der Waals surface area contributed by atoms with Gasteiger partial charge in [-0.1, -0.05) is 24.3 Å². The number of methoxy groups -OCH3 is 1. The number of amides is 3. The van der Waals surface area contributed by atoms with Gasteiger partial charge in [-0.3, -0.25) is 4.79 Å². The van der Waals surface area contributed by atoms with Gasteiger partial charge in [0.1, 0.15) is 17.3 Å². The predicted molar refractivity (Wildman–Crippen MR) is 158 cm³/mol. The maximum atomic E-state index is 13.2. The number of carbonyl (C=O) groups is 2. The summed E-state index contributed by atoms with van der Waals surface area (Å²) in [5.41, 5.74) is 10.7. The van der Waals surface area contributed by atoms with Crippen LogP contribution in [0.1, 0.15) is 10.5 Å². The lowest BCUT2D eigenvalue weighted by Gasteiger charge is -2.27. The molecule has 4 heterocycles. The zero-order valence-corrected chi connectivity index (χ0v) is 22.9. The van der Waals surface area contributed by atoms with Gasteiger partial charge in [0.05, 0.1) is 42.6 Å². The number of urea groups is 1. The van der Waals surface area contributed by atoms with E-state index in [1.807, 2.05) is 65.5 Å². The summed E-state index contributed by atoms with van der Waals surface area (Å²) < 4.78 is 13.7. The van der Waals surface area contributed by atoms with Crippen LogP contribution in [0.5, 0.6) is 5.75 Å². The summed E-state index contributed by atoms with van der Waals surface area (Å²) in [6.45, 7) is 2.12. The fraction of sp³-hybridized carbons (Fsp3) is 0.207. The number of para-hydroxylation sites is 1. The third-order valence-corrected chi connectivity index (χ3v) is 8.12. The molecule has 1 aliphatic heterocycles. The second-order valence-corrected chi connectivity index (χ2v) is 10.3. The van der Waals surface area contributed by atoms with Crippen molar-refractivity contribution in [3.8, 4) is 16.9 Å². The minimum Gasteiger partial charge on any atom is -0.495 e. The topological polar surface area (TPSA) is 124 Å². The first-order chi connectivity index (χ1) is 19.4. The van der Waals surface area contributed by atoms with E-state index >= 15 is 0 Å². The van der Waals surface area contributed by atoms with Gasteiger partial charge in [-0.25, -0.2) is 9.78 Å². The lowest BCUT2D eigenvalue weighted by molar-refractivity contribution is 0.0565. The number of benzene rings is 2. The van der Waals surface area contributed by atoms with Crippen LogP contribution in [-0.2, 0) is 11.8 Å². The Hall–Kier alpha value is -4.61. The van der Waals surface area contributed by atoms with Gasteiger partial charge in [0.25, 0.3) is 5.91 Å². The van der Waals surface area contributed by atoms with Crippen molar-refractivity contribution in [1.29, 1.82) is 0 Å². The molecule has 3 aromatic heterocycles. The van der Waals surface area contributed by atoms with E-state index in [9.17, 15) is 9.59 Å². The first-order valence-electron chi connectivity index (χ1n) is 12.8. The Balaban J connectivity index is 1.29. The summed E-state index contributed by atoms with van der Waals surface area (Å²) in [4.78, 5) is 32.1. The summed E-state index contributed by atoms with van der Waals surface area (Å²) in [5, 5.41) is 9.69. The molecule has 10 nitrogen and oxygen atoms in total. The Labute approximate surface area is 234 Å². The molecule has 0 atom stereocenters. The fourth-order valence-electron chi connectivity index (χ4n) is 4.99. The normalized spacial score (nSPS) is 13.5. The molecule has 2 aromatic carbocycles. The average molecular weight is 557 g/mol. The van der Waals surface area contributed by atoms with Crippen molar-refractivity contribution in [2.24, 2.45) is 7.05 Å². The van der Waals surface area contributed by atoms with Crippen LogP contribution in [-0.4, -0.2) is 59.8 Å². The smallest absolute Gasteiger partial charge is 0.322 e. The second kappa shape index (κ2) is 10.5. The molecule has 5 aromatic rings. The van der Waals surface area contributed by atoms with Gasteiger partial charge in [0.2, 0.25) is 0 Å². The Morgan fingerprint density at radius 3 is 2.65 bits per heavy atom. The number of ether oxygens (including phenoxy) is 2. The van der Waals surface area contributed by atoms with Crippen LogP contribution in [0.15, 0.2) is 60.1 Å². The summed E-state index contributed by atoms with van der Waals surface area (Å²) in [6.07, 6.45) is 1.59. The lowest BCUT2D eigenvalue weighted by atomic mass is 10.0. The molecule has 1 aliphatic rings. The van der Waals surface area contributed by atoms with Crippen molar-refractivity contribution < 1.29 is 19.1 Å². The number of hydrogen-bond acceptors (Lipinski definition) is 7. The molecule has 0 radical (unpaired) electrons. The molecule has 4 N–H and O–H groups in total. The molecular weight excluding hydrogens is 528 g/mol. The highest BCUT2D eigenvalue weighted by atomic mass is 32.1. The maximum absolute atomic E-state index is 13.2. The van der Waals surface area contributed by atoms with E-state index in [-0.39, 0.29) is 11.9 Å². The number of fused-ring (bicyclic) bond motifs is 2. The predicted octanol–water partition coefficient (Wildman–Crippen LogP) is 5.16. The van der Waals surface area contributed by atoms with Crippen molar-refractivity contribution in [1.82, 2.24) is 14.5 Å².